The maximum Gasteiger partial charge on any atom is 0.217 e. The van der Waals surface area contributed by atoms with Crippen LogP contribution in [0.15, 0.2) is 29.6 Å². The number of rotatable bonds is 6. The lowest BCUT2D eigenvalue weighted by Crippen LogP contribution is -2.18. The van der Waals surface area contributed by atoms with E-state index in [4.69, 9.17) is 0 Å². The first-order valence-corrected chi connectivity index (χ1v) is 7.60. The van der Waals surface area contributed by atoms with Gasteiger partial charge in [0.05, 0.1) is 5.69 Å². The van der Waals surface area contributed by atoms with Crippen molar-refractivity contribution in [3.63, 3.8) is 0 Å². The Morgan fingerprint density at radius 2 is 2.05 bits per heavy atom. The molecule has 0 atom stereocenters. The summed E-state index contributed by atoms with van der Waals surface area (Å²) in [6.07, 6.45) is 1.09. The van der Waals surface area contributed by atoms with Crippen LogP contribution in [0, 0.1) is 0 Å². The number of amides is 1. The fourth-order valence-corrected chi connectivity index (χ4v) is 2.49. The van der Waals surface area contributed by atoms with Crippen LogP contribution in [-0.4, -0.2) is 17.4 Å². The molecule has 0 spiro atoms. The van der Waals surface area contributed by atoms with Gasteiger partial charge in [-0.1, -0.05) is 31.2 Å². The third-order valence-electron chi connectivity index (χ3n) is 2.82. The molecule has 2 aromatic rings. The van der Waals surface area contributed by atoms with Gasteiger partial charge in [-0.2, -0.15) is 0 Å². The lowest BCUT2D eigenvalue weighted by atomic mass is 10.1. The highest BCUT2D eigenvalue weighted by atomic mass is 32.1. The van der Waals surface area contributed by atoms with E-state index in [9.17, 15) is 4.79 Å². The van der Waals surface area contributed by atoms with Crippen molar-refractivity contribution in [3.05, 3.63) is 35.2 Å². The van der Waals surface area contributed by atoms with Crippen LogP contribution in [0.5, 0.6) is 0 Å². The summed E-state index contributed by atoms with van der Waals surface area (Å²) < 4.78 is 0. The molecule has 0 saturated heterocycles. The maximum atomic E-state index is 10.9. The largest absolute Gasteiger partial charge is 0.362 e. The molecule has 0 aliphatic heterocycles. The highest BCUT2D eigenvalue weighted by Crippen LogP contribution is 2.25. The van der Waals surface area contributed by atoms with Crippen LogP contribution < -0.4 is 10.6 Å². The van der Waals surface area contributed by atoms with Crippen molar-refractivity contribution in [2.75, 3.05) is 11.9 Å². The number of benzene rings is 1. The molecular weight excluding hydrogens is 270 g/mol. The van der Waals surface area contributed by atoms with Gasteiger partial charge < -0.3 is 10.6 Å². The average Bonchev–Trinajstić information content (AvgIpc) is 2.92. The lowest BCUT2D eigenvalue weighted by Gasteiger charge is -2.03. The van der Waals surface area contributed by atoms with Gasteiger partial charge in [0.2, 0.25) is 5.91 Å². The van der Waals surface area contributed by atoms with Crippen LogP contribution in [0.1, 0.15) is 25.8 Å². The van der Waals surface area contributed by atoms with Gasteiger partial charge in [-0.3, -0.25) is 4.79 Å². The Balaban J connectivity index is 2.01. The molecule has 1 aromatic carbocycles. The SMILES string of the molecule is CCCNc1nc(-c2ccc(CNC(C)=O)cc2)cs1. The third kappa shape index (κ3) is 4.06. The van der Waals surface area contributed by atoms with E-state index in [1.807, 2.05) is 24.3 Å². The lowest BCUT2D eigenvalue weighted by molar-refractivity contribution is -0.119. The fraction of sp³-hybridized carbons (Fsp3) is 0.333. The van der Waals surface area contributed by atoms with E-state index in [0.717, 1.165) is 34.9 Å². The Kier molecular flexibility index (Phi) is 5.12. The summed E-state index contributed by atoms with van der Waals surface area (Å²) in [6.45, 7) is 5.17. The number of anilines is 1. The number of aromatic nitrogens is 1. The minimum atomic E-state index is -0.0137. The molecule has 2 N–H and O–H groups in total. The Morgan fingerprint density at radius 1 is 1.30 bits per heavy atom. The maximum absolute atomic E-state index is 10.9. The van der Waals surface area contributed by atoms with Gasteiger partial charge >= 0.3 is 0 Å². The number of carbonyl (C=O) groups excluding carboxylic acids is 1. The van der Waals surface area contributed by atoms with E-state index >= 15 is 0 Å². The normalized spacial score (nSPS) is 10.3. The molecule has 0 saturated carbocycles. The number of nitrogens with zero attached hydrogens (tertiary/aromatic N) is 1. The van der Waals surface area contributed by atoms with Crippen LogP contribution in [0.3, 0.4) is 0 Å². The van der Waals surface area contributed by atoms with Crippen LogP contribution >= 0.6 is 11.3 Å². The summed E-state index contributed by atoms with van der Waals surface area (Å²) >= 11 is 1.62. The van der Waals surface area contributed by atoms with E-state index in [1.54, 1.807) is 11.3 Å². The second kappa shape index (κ2) is 7.05. The van der Waals surface area contributed by atoms with Crippen molar-refractivity contribution in [2.45, 2.75) is 26.8 Å². The number of carbonyl (C=O) groups is 1. The molecule has 0 aliphatic rings. The van der Waals surface area contributed by atoms with E-state index in [2.05, 4.69) is 27.9 Å². The summed E-state index contributed by atoms with van der Waals surface area (Å²) in [5.74, 6) is -0.0137. The number of hydrogen-bond acceptors (Lipinski definition) is 4. The Hall–Kier alpha value is -1.88. The number of hydrogen-bond donors (Lipinski definition) is 2. The molecule has 0 radical (unpaired) electrons. The zero-order valence-corrected chi connectivity index (χ0v) is 12.6. The molecule has 2 rings (SSSR count). The second-order valence-electron chi connectivity index (χ2n) is 4.57. The van der Waals surface area contributed by atoms with Crippen LogP contribution in [-0.2, 0) is 11.3 Å². The van der Waals surface area contributed by atoms with Gasteiger partial charge in [-0.05, 0) is 12.0 Å². The molecule has 20 heavy (non-hydrogen) atoms. The van der Waals surface area contributed by atoms with Gasteiger partial charge in [-0.25, -0.2) is 4.98 Å². The first kappa shape index (κ1) is 14.5. The summed E-state index contributed by atoms with van der Waals surface area (Å²) in [7, 11) is 0. The van der Waals surface area contributed by atoms with Crippen molar-refractivity contribution >= 4 is 22.4 Å². The van der Waals surface area contributed by atoms with E-state index in [0.29, 0.717) is 6.54 Å². The number of thiazole rings is 1. The third-order valence-corrected chi connectivity index (χ3v) is 3.62. The standard InChI is InChI=1S/C15H19N3OS/c1-3-8-16-15-18-14(10-20-15)13-6-4-12(5-7-13)9-17-11(2)19/h4-7,10H,3,8-9H2,1-2H3,(H,16,18)(H,17,19). The average molecular weight is 289 g/mol. The van der Waals surface area contributed by atoms with Crippen molar-refractivity contribution in [2.24, 2.45) is 0 Å². The van der Waals surface area contributed by atoms with Crippen molar-refractivity contribution in [1.82, 2.24) is 10.3 Å². The van der Waals surface area contributed by atoms with Gasteiger partial charge in [0.25, 0.3) is 0 Å². The Bertz CT molecular complexity index is 563. The minimum absolute atomic E-state index is 0.0137. The topological polar surface area (TPSA) is 54.0 Å². The van der Waals surface area contributed by atoms with Crippen LogP contribution in [0.4, 0.5) is 5.13 Å². The first-order valence-electron chi connectivity index (χ1n) is 6.72. The highest BCUT2D eigenvalue weighted by Gasteiger charge is 2.04. The smallest absolute Gasteiger partial charge is 0.217 e. The predicted molar refractivity (Wildman–Crippen MR) is 83.9 cm³/mol. The molecule has 4 nitrogen and oxygen atoms in total. The molecule has 5 heteroatoms. The predicted octanol–water partition coefficient (Wildman–Crippen LogP) is 3.27. The molecule has 0 aliphatic carbocycles. The molecular formula is C15H19N3OS. The van der Waals surface area contributed by atoms with Gasteiger partial charge in [0.15, 0.2) is 5.13 Å². The molecule has 0 fully saturated rings. The van der Waals surface area contributed by atoms with Gasteiger partial charge in [0.1, 0.15) is 0 Å². The minimum Gasteiger partial charge on any atom is -0.362 e. The van der Waals surface area contributed by atoms with E-state index < -0.39 is 0 Å². The van der Waals surface area contributed by atoms with Crippen molar-refractivity contribution < 1.29 is 4.79 Å². The Labute approximate surface area is 123 Å². The van der Waals surface area contributed by atoms with Crippen LogP contribution in [0.25, 0.3) is 11.3 Å². The molecule has 1 amide bonds. The Morgan fingerprint density at radius 3 is 2.70 bits per heavy atom. The van der Waals surface area contributed by atoms with Crippen LogP contribution in [0.2, 0.25) is 0 Å². The summed E-state index contributed by atoms with van der Waals surface area (Å²) in [6, 6.07) is 8.11. The fourth-order valence-electron chi connectivity index (χ4n) is 1.74. The van der Waals surface area contributed by atoms with Crippen molar-refractivity contribution in [1.29, 1.82) is 0 Å². The van der Waals surface area contributed by atoms with Crippen molar-refractivity contribution in [3.8, 4) is 11.3 Å². The van der Waals surface area contributed by atoms with Gasteiger partial charge in [-0.15, -0.1) is 11.3 Å². The first-order chi connectivity index (χ1) is 9.69. The summed E-state index contributed by atoms with van der Waals surface area (Å²) in [5, 5.41) is 9.09. The summed E-state index contributed by atoms with van der Waals surface area (Å²) in [4.78, 5) is 15.4. The molecule has 106 valence electrons. The highest BCUT2D eigenvalue weighted by molar-refractivity contribution is 7.14. The zero-order valence-electron chi connectivity index (χ0n) is 11.8. The molecule has 1 aromatic heterocycles. The monoisotopic (exact) mass is 289 g/mol. The second-order valence-corrected chi connectivity index (χ2v) is 5.43. The number of nitrogens with one attached hydrogen (secondary N) is 2. The van der Waals surface area contributed by atoms with Gasteiger partial charge in [0, 0.05) is 31.0 Å². The summed E-state index contributed by atoms with van der Waals surface area (Å²) in [5.41, 5.74) is 3.17. The molecule has 1 heterocycles. The van der Waals surface area contributed by atoms with E-state index in [1.165, 1.54) is 6.92 Å². The van der Waals surface area contributed by atoms with E-state index in [-0.39, 0.29) is 5.91 Å². The molecule has 0 unspecified atom stereocenters. The quantitative estimate of drug-likeness (QED) is 0.858. The zero-order chi connectivity index (χ0) is 14.4. The molecule has 0 bridgehead atoms.